The Morgan fingerprint density at radius 2 is 2.07 bits per heavy atom. The zero-order valence-corrected chi connectivity index (χ0v) is 8.75. The van der Waals surface area contributed by atoms with Crippen molar-refractivity contribution < 1.29 is 9.90 Å². The van der Waals surface area contributed by atoms with Crippen LogP contribution < -0.4 is 0 Å². The first kappa shape index (κ1) is 10.9. The number of hydrogen-bond donors (Lipinski definition) is 1. The first-order chi connectivity index (χ1) is 6.63. The molecule has 0 amide bonds. The van der Waals surface area contributed by atoms with Gasteiger partial charge >= 0.3 is 5.97 Å². The predicted molar refractivity (Wildman–Crippen MR) is 58.9 cm³/mol. The number of hydrogen-bond acceptors (Lipinski definition) is 2. The minimum absolute atomic E-state index is 0.320. The summed E-state index contributed by atoms with van der Waals surface area (Å²) >= 11 is 1.65. The van der Waals surface area contributed by atoms with Crippen molar-refractivity contribution >= 4 is 17.7 Å². The fourth-order valence-electron chi connectivity index (χ4n) is 0.939. The number of rotatable bonds is 4. The van der Waals surface area contributed by atoms with Crippen molar-refractivity contribution in [3.63, 3.8) is 0 Å². The lowest BCUT2D eigenvalue weighted by Gasteiger charge is -2.05. The van der Waals surface area contributed by atoms with E-state index in [9.17, 15) is 4.79 Å². The van der Waals surface area contributed by atoms with Gasteiger partial charge in [-0.15, -0.1) is 18.3 Å². The van der Waals surface area contributed by atoms with Gasteiger partial charge in [-0.25, -0.2) is 4.79 Å². The van der Waals surface area contributed by atoms with Crippen molar-refractivity contribution in [3.05, 3.63) is 42.5 Å². The lowest BCUT2D eigenvalue weighted by Crippen LogP contribution is -1.95. The van der Waals surface area contributed by atoms with Crippen molar-refractivity contribution in [1.29, 1.82) is 0 Å². The average molecular weight is 208 g/mol. The molecule has 0 aliphatic heterocycles. The molecule has 0 saturated carbocycles. The van der Waals surface area contributed by atoms with Crippen molar-refractivity contribution in [2.24, 2.45) is 0 Å². The maximum Gasteiger partial charge on any atom is 0.335 e. The molecule has 0 aromatic heterocycles. The van der Waals surface area contributed by atoms with Crippen LogP contribution in [0.3, 0.4) is 0 Å². The summed E-state index contributed by atoms with van der Waals surface area (Å²) in [5.74, 6) is -0.890. The summed E-state index contributed by atoms with van der Waals surface area (Å²) in [4.78, 5) is 11.6. The Hall–Kier alpha value is -1.22. The second kappa shape index (κ2) is 4.86. The molecule has 3 heteroatoms. The van der Waals surface area contributed by atoms with E-state index in [0.717, 1.165) is 4.90 Å². The third-order valence-electron chi connectivity index (χ3n) is 1.76. The van der Waals surface area contributed by atoms with Gasteiger partial charge in [-0.1, -0.05) is 6.08 Å². The van der Waals surface area contributed by atoms with Crippen LogP contribution in [0.4, 0.5) is 0 Å². The summed E-state index contributed by atoms with van der Waals surface area (Å²) in [6.45, 7) is 5.73. The normalized spacial score (nSPS) is 12.1. The van der Waals surface area contributed by atoms with Gasteiger partial charge in [0.2, 0.25) is 0 Å². The van der Waals surface area contributed by atoms with Crippen molar-refractivity contribution in [1.82, 2.24) is 0 Å². The van der Waals surface area contributed by atoms with E-state index in [0.29, 0.717) is 10.8 Å². The number of carboxylic acids is 1. The van der Waals surface area contributed by atoms with Crippen LogP contribution in [0.25, 0.3) is 0 Å². The summed E-state index contributed by atoms with van der Waals surface area (Å²) in [5, 5.41) is 9.02. The Morgan fingerprint density at radius 1 is 1.50 bits per heavy atom. The molecule has 0 fully saturated rings. The molecule has 2 nitrogen and oxygen atoms in total. The second-order valence-corrected chi connectivity index (χ2v) is 4.34. The van der Waals surface area contributed by atoms with Crippen molar-refractivity contribution in [2.45, 2.75) is 17.1 Å². The van der Waals surface area contributed by atoms with Gasteiger partial charge < -0.3 is 5.11 Å². The molecule has 1 aromatic rings. The Kier molecular flexibility index (Phi) is 3.77. The van der Waals surface area contributed by atoms with Crippen molar-refractivity contribution in [2.75, 3.05) is 0 Å². The molecular weight excluding hydrogens is 196 g/mol. The lowest BCUT2D eigenvalue weighted by molar-refractivity contribution is 0.0697. The van der Waals surface area contributed by atoms with Crippen LogP contribution in [0.1, 0.15) is 17.3 Å². The van der Waals surface area contributed by atoms with E-state index in [1.807, 2.05) is 25.1 Å². The highest BCUT2D eigenvalue weighted by Gasteiger charge is 2.03. The van der Waals surface area contributed by atoms with E-state index < -0.39 is 5.97 Å². The second-order valence-electron chi connectivity index (χ2n) is 2.89. The van der Waals surface area contributed by atoms with E-state index >= 15 is 0 Å². The fourth-order valence-corrected chi connectivity index (χ4v) is 1.76. The standard InChI is InChI=1S/C11H12O2S/c1-3-8(2)14-10-6-4-9(5-7-10)11(12)13/h3-8H,1H2,2H3,(H,12,13). The first-order valence-electron chi connectivity index (χ1n) is 4.26. The van der Waals surface area contributed by atoms with Gasteiger partial charge in [0.15, 0.2) is 0 Å². The predicted octanol–water partition coefficient (Wildman–Crippen LogP) is 3.05. The third kappa shape index (κ3) is 2.92. The number of benzene rings is 1. The van der Waals surface area contributed by atoms with E-state index in [4.69, 9.17) is 5.11 Å². The quantitative estimate of drug-likeness (QED) is 0.610. The minimum Gasteiger partial charge on any atom is -0.478 e. The Labute approximate surface area is 87.6 Å². The molecule has 0 spiro atoms. The van der Waals surface area contributed by atoms with Crippen LogP contribution >= 0.6 is 11.8 Å². The van der Waals surface area contributed by atoms with Crippen LogP contribution in [0.15, 0.2) is 41.8 Å². The molecule has 0 saturated heterocycles. The van der Waals surface area contributed by atoms with Gasteiger partial charge in [0.25, 0.3) is 0 Å². The topological polar surface area (TPSA) is 37.3 Å². The SMILES string of the molecule is C=CC(C)Sc1ccc(C(=O)O)cc1. The van der Waals surface area contributed by atoms with Gasteiger partial charge in [-0.3, -0.25) is 0 Å². The van der Waals surface area contributed by atoms with Crippen LogP contribution in [0, 0.1) is 0 Å². The summed E-state index contributed by atoms with van der Waals surface area (Å²) in [7, 11) is 0. The fraction of sp³-hybridized carbons (Fsp3) is 0.182. The van der Waals surface area contributed by atoms with Crippen LogP contribution in [0.5, 0.6) is 0 Å². The maximum atomic E-state index is 10.6. The molecule has 1 atom stereocenters. The molecule has 0 radical (unpaired) electrons. The third-order valence-corrected chi connectivity index (χ3v) is 2.86. The monoisotopic (exact) mass is 208 g/mol. The number of aromatic carboxylic acids is 1. The summed E-state index contributed by atoms with van der Waals surface area (Å²) < 4.78 is 0. The number of carbonyl (C=O) groups is 1. The van der Waals surface area contributed by atoms with Gasteiger partial charge in [0.05, 0.1) is 5.56 Å². The molecule has 1 rings (SSSR count). The highest BCUT2D eigenvalue weighted by atomic mass is 32.2. The Balaban J connectivity index is 2.73. The summed E-state index contributed by atoms with van der Waals surface area (Å²) in [5.41, 5.74) is 0.320. The van der Waals surface area contributed by atoms with Gasteiger partial charge in [-0.05, 0) is 31.2 Å². The molecule has 1 aromatic carbocycles. The smallest absolute Gasteiger partial charge is 0.335 e. The van der Waals surface area contributed by atoms with E-state index in [1.165, 1.54) is 0 Å². The average Bonchev–Trinajstić information content (AvgIpc) is 2.18. The zero-order valence-electron chi connectivity index (χ0n) is 7.93. The first-order valence-corrected chi connectivity index (χ1v) is 5.14. The number of thioether (sulfide) groups is 1. The molecule has 1 N–H and O–H groups in total. The molecule has 74 valence electrons. The largest absolute Gasteiger partial charge is 0.478 e. The van der Waals surface area contributed by atoms with Crippen LogP contribution in [-0.2, 0) is 0 Å². The molecule has 0 heterocycles. The van der Waals surface area contributed by atoms with Crippen LogP contribution in [0.2, 0.25) is 0 Å². The molecular formula is C11H12O2S. The van der Waals surface area contributed by atoms with Gasteiger partial charge in [0.1, 0.15) is 0 Å². The number of carboxylic acid groups (broad SMARTS) is 1. The Morgan fingerprint density at radius 3 is 2.50 bits per heavy atom. The van der Waals surface area contributed by atoms with Crippen molar-refractivity contribution in [3.8, 4) is 0 Å². The van der Waals surface area contributed by atoms with Crippen LogP contribution in [-0.4, -0.2) is 16.3 Å². The Bertz CT molecular complexity index is 330. The van der Waals surface area contributed by atoms with Gasteiger partial charge in [0, 0.05) is 10.1 Å². The molecule has 14 heavy (non-hydrogen) atoms. The maximum absolute atomic E-state index is 10.6. The van der Waals surface area contributed by atoms with Gasteiger partial charge in [-0.2, -0.15) is 0 Å². The minimum atomic E-state index is -0.890. The van der Waals surface area contributed by atoms with E-state index in [1.54, 1.807) is 23.9 Å². The molecule has 0 bridgehead atoms. The highest BCUT2D eigenvalue weighted by Crippen LogP contribution is 2.23. The molecule has 1 unspecified atom stereocenters. The summed E-state index contributed by atoms with van der Waals surface area (Å²) in [6.07, 6.45) is 1.86. The zero-order chi connectivity index (χ0) is 10.6. The molecule has 0 aliphatic rings. The van der Waals surface area contributed by atoms with E-state index in [-0.39, 0.29) is 0 Å². The molecule has 0 aliphatic carbocycles. The van der Waals surface area contributed by atoms with E-state index in [2.05, 4.69) is 6.58 Å². The summed E-state index contributed by atoms with van der Waals surface area (Å²) in [6, 6.07) is 6.85. The highest BCUT2D eigenvalue weighted by molar-refractivity contribution is 8.00. The lowest BCUT2D eigenvalue weighted by atomic mass is 10.2.